The van der Waals surface area contributed by atoms with Gasteiger partial charge >= 0.3 is 5.97 Å². The van der Waals surface area contributed by atoms with Crippen molar-refractivity contribution < 1.29 is 9.53 Å². The van der Waals surface area contributed by atoms with Gasteiger partial charge in [0.25, 0.3) is 0 Å². The fourth-order valence-electron chi connectivity index (χ4n) is 5.84. The Bertz CT molecular complexity index is 807. The molecule has 0 amide bonds. The van der Waals surface area contributed by atoms with E-state index in [0.29, 0.717) is 0 Å². The molecule has 1 aromatic carbocycles. The number of aryl methyl sites for hydroxylation is 1. The average Bonchev–Trinajstić information content (AvgIpc) is 3.08. The number of carbonyl (C=O) groups is 1. The Morgan fingerprint density at radius 3 is 2.41 bits per heavy atom. The zero-order valence-corrected chi connectivity index (χ0v) is 16.6. The molecule has 27 heavy (non-hydrogen) atoms. The molecule has 1 aromatic heterocycles. The lowest BCUT2D eigenvalue weighted by Gasteiger charge is -2.55. The zero-order valence-electron chi connectivity index (χ0n) is 15.7. The molecule has 1 heterocycles. The summed E-state index contributed by atoms with van der Waals surface area (Å²) in [6.07, 6.45) is 7.17. The van der Waals surface area contributed by atoms with Crippen molar-refractivity contribution in [1.82, 2.24) is 4.98 Å². The molecule has 0 unspecified atom stereocenters. The number of nitrogens with zero attached hydrogens (tertiary/aromatic N) is 1. The predicted molar refractivity (Wildman–Crippen MR) is 107 cm³/mol. The molecule has 4 fully saturated rings. The van der Waals surface area contributed by atoms with E-state index < -0.39 is 0 Å². The molecule has 142 valence electrons. The highest BCUT2D eigenvalue weighted by molar-refractivity contribution is 7.13. The van der Waals surface area contributed by atoms with E-state index in [1.54, 1.807) is 11.3 Å². The Hall–Kier alpha value is -1.88. The Balaban J connectivity index is 1.20. The lowest BCUT2D eigenvalue weighted by molar-refractivity contribution is -0.173. The Labute approximate surface area is 164 Å². The monoisotopic (exact) mass is 382 g/mol. The van der Waals surface area contributed by atoms with Crippen molar-refractivity contribution in [3.8, 4) is 0 Å². The van der Waals surface area contributed by atoms with Crippen molar-refractivity contribution in [3.63, 3.8) is 0 Å². The first kappa shape index (κ1) is 17.2. The minimum atomic E-state index is -0.187. The van der Waals surface area contributed by atoms with Crippen molar-refractivity contribution in [2.24, 2.45) is 23.2 Å². The molecule has 4 aliphatic carbocycles. The summed E-state index contributed by atoms with van der Waals surface area (Å²) in [4.78, 5) is 17.5. The molecule has 0 radical (unpaired) electrons. The SMILES string of the molecule is Cc1ccc(Nc2nc(COC(=O)C34CC5CC(CC(C5)C3)C4)cs2)cc1. The summed E-state index contributed by atoms with van der Waals surface area (Å²) in [5, 5.41) is 6.12. The van der Waals surface area contributed by atoms with E-state index in [2.05, 4.69) is 29.4 Å². The second kappa shape index (κ2) is 6.62. The lowest BCUT2D eigenvalue weighted by atomic mass is 9.49. The van der Waals surface area contributed by atoms with E-state index in [0.717, 1.165) is 53.5 Å². The third kappa shape index (κ3) is 3.38. The van der Waals surface area contributed by atoms with Crippen molar-refractivity contribution in [3.05, 3.63) is 40.9 Å². The Morgan fingerprint density at radius 2 is 1.78 bits per heavy atom. The molecule has 0 aliphatic heterocycles. The van der Waals surface area contributed by atoms with Crippen LogP contribution in [0.15, 0.2) is 29.6 Å². The van der Waals surface area contributed by atoms with E-state index >= 15 is 0 Å². The third-order valence-corrected chi connectivity index (χ3v) is 7.48. The molecular formula is C22H26N2O2S. The summed E-state index contributed by atoms with van der Waals surface area (Å²) in [7, 11) is 0. The highest BCUT2D eigenvalue weighted by atomic mass is 32.1. The van der Waals surface area contributed by atoms with Gasteiger partial charge in [-0.2, -0.15) is 0 Å². The van der Waals surface area contributed by atoms with E-state index in [1.807, 2.05) is 17.5 Å². The number of aromatic nitrogens is 1. The van der Waals surface area contributed by atoms with Gasteiger partial charge in [0.05, 0.1) is 11.1 Å². The fourth-order valence-corrected chi connectivity index (χ4v) is 6.56. The first-order valence-corrected chi connectivity index (χ1v) is 10.9. The number of nitrogens with one attached hydrogen (secondary N) is 1. The number of anilines is 2. The number of rotatable bonds is 5. The molecule has 5 heteroatoms. The normalized spacial score (nSPS) is 31.1. The maximum absolute atomic E-state index is 12.9. The van der Waals surface area contributed by atoms with Gasteiger partial charge in [0.2, 0.25) is 0 Å². The molecule has 4 nitrogen and oxygen atoms in total. The number of hydrogen-bond donors (Lipinski definition) is 1. The minimum Gasteiger partial charge on any atom is -0.459 e. The number of thiazole rings is 1. The molecule has 0 atom stereocenters. The molecule has 4 aliphatic rings. The molecule has 0 spiro atoms. The molecule has 4 bridgehead atoms. The van der Waals surface area contributed by atoms with Crippen LogP contribution in [-0.2, 0) is 16.1 Å². The van der Waals surface area contributed by atoms with Crippen LogP contribution in [-0.4, -0.2) is 11.0 Å². The van der Waals surface area contributed by atoms with Crippen LogP contribution in [0.5, 0.6) is 0 Å². The van der Waals surface area contributed by atoms with E-state index in [-0.39, 0.29) is 18.0 Å². The van der Waals surface area contributed by atoms with Crippen molar-refractivity contribution >= 4 is 28.1 Å². The van der Waals surface area contributed by atoms with Crippen LogP contribution in [0.2, 0.25) is 0 Å². The second-order valence-corrected chi connectivity index (χ2v) is 9.77. The standard InChI is InChI=1S/C22H26N2O2S/c1-14-2-4-18(5-3-14)23-21-24-19(13-27-21)12-26-20(25)22-9-15-6-16(10-22)8-17(7-15)11-22/h2-5,13,15-17H,6-12H2,1H3,(H,23,24). The summed E-state index contributed by atoms with van der Waals surface area (Å²) in [5.41, 5.74) is 2.89. The van der Waals surface area contributed by atoms with Crippen molar-refractivity contribution in [2.45, 2.75) is 52.1 Å². The first-order valence-electron chi connectivity index (χ1n) is 10.0. The molecular weight excluding hydrogens is 356 g/mol. The van der Waals surface area contributed by atoms with Gasteiger partial charge < -0.3 is 10.1 Å². The van der Waals surface area contributed by atoms with E-state index in [1.165, 1.54) is 24.8 Å². The fraction of sp³-hybridized carbons (Fsp3) is 0.545. The maximum Gasteiger partial charge on any atom is 0.312 e. The molecule has 0 saturated heterocycles. The van der Waals surface area contributed by atoms with Crippen molar-refractivity contribution in [2.75, 3.05) is 5.32 Å². The van der Waals surface area contributed by atoms with Crippen LogP contribution in [0.1, 0.15) is 49.8 Å². The number of hydrogen-bond acceptors (Lipinski definition) is 5. The van der Waals surface area contributed by atoms with Crippen LogP contribution in [0, 0.1) is 30.1 Å². The quantitative estimate of drug-likeness (QED) is 0.698. The topological polar surface area (TPSA) is 51.2 Å². The smallest absolute Gasteiger partial charge is 0.312 e. The molecule has 6 rings (SSSR count). The average molecular weight is 383 g/mol. The first-order chi connectivity index (χ1) is 13.1. The van der Waals surface area contributed by atoms with Gasteiger partial charge in [-0.15, -0.1) is 11.3 Å². The molecule has 1 N–H and O–H groups in total. The van der Waals surface area contributed by atoms with Gasteiger partial charge in [-0.25, -0.2) is 4.98 Å². The summed E-state index contributed by atoms with van der Waals surface area (Å²) >= 11 is 1.55. The van der Waals surface area contributed by atoms with Gasteiger partial charge in [-0.05, 0) is 75.3 Å². The summed E-state index contributed by atoms with van der Waals surface area (Å²) < 4.78 is 5.77. The lowest BCUT2D eigenvalue weighted by Crippen LogP contribution is -2.50. The van der Waals surface area contributed by atoms with E-state index in [9.17, 15) is 4.79 Å². The summed E-state index contributed by atoms with van der Waals surface area (Å²) in [5.74, 6) is 2.30. The summed E-state index contributed by atoms with van der Waals surface area (Å²) in [6.45, 7) is 2.36. The number of benzene rings is 1. The Morgan fingerprint density at radius 1 is 1.15 bits per heavy atom. The number of ether oxygens (including phenoxy) is 1. The van der Waals surface area contributed by atoms with Crippen LogP contribution >= 0.6 is 11.3 Å². The molecule has 4 saturated carbocycles. The maximum atomic E-state index is 12.9. The van der Waals surface area contributed by atoms with Gasteiger partial charge in [0.1, 0.15) is 6.61 Å². The van der Waals surface area contributed by atoms with Crippen LogP contribution in [0.3, 0.4) is 0 Å². The number of carbonyl (C=O) groups excluding carboxylic acids is 1. The largest absolute Gasteiger partial charge is 0.459 e. The van der Waals surface area contributed by atoms with Gasteiger partial charge in [0.15, 0.2) is 5.13 Å². The predicted octanol–water partition coefficient (Wildman–Crippen LogP) is 5.45. The number of esters is 1. The van der Waals surface area contributed by atoms with Crippen LogP contribution in [0.4, 0.5) is 10.8 Å². The van der Waals surface area contributed by atoms with Crippen LogP contribution < -0.4 is 5.32 Å². The zero-order chi connectivity index (χ0) is 18.4. The minimum absolute atomic E-state index is 0.0302. The summed E-state index contributed by atoms with van der Waals surface area (Å²) in [6, 6.07) is 8.24. The van der Waals surface area contributed by atoms with Crippen LogP contribution in [0.25, 0.3) is 0 Å². The van der Waals surface area contributed by atoms with Crippen molar-refractivity contribution in [1.29, 1.82) is 0 Å². The van der Waals surface area contributed by atoms with E-state index in [4.69, 9.17) is 4.74 Å². The Kier molecular flexibility index (Phi) is 4.23. The third-order valence-electron chi connectivity index (χ3n) is 6.68. The second-order valence-electron chi connectivity index (χ2n) is 8.91. The van der Waals surface area contributed by atoms with Gasteiger partial charge in [-0.1, -0.05) is 17.7 Å². The highest BCUT2D eigenvalue weighted by Crippen LogP contribution is 2.60. The van der Waals surface area contributed by atoms with Gasteiger partial charge in [-0.3, -0.25) is 4.79 Å². The molecule has 2 aromatic rings. The van der Waals surface area contributed by atoms with Gasteiger partial charge in [0, 0.05) is 11.1 Å². The highest BCUT2D eigenvalue weighted by Gasteiger charge is 2.55.